The average Bonchev–Trinajstić information content (AvgIpc) is 2.77. The van der Waals surface area contributed by atoms with Crippen molar-refractivity contribution >= 4 is 0 Å². The van der Waals surface area contributed by atoms with Crippen LogP contribution in [0.5, 0.6) is 0 Å². The summed E-state index contributed by atoms with van der Waals surface area (Å²) in [6, 6.07) is 10.9. The number of nitrogens with zero attached hydrogens (tertiary/aromatic N) is 1. The fourth-order valence-corrected chi connectivity index (χ4v) is 3.26. The molecule has 0 saturated heterocycles. The second-order valence-corrected chi connectivity index (χ2v) is 6.18. The van der Waals surface area contributed by atoms with Gasteiger partial charge in [0.1, 0.15) is 0 Å². The number of benzene rings is 1. The number of aryl methyl sites for hydroxylation is 1. The predicted molar refractivity (Wildman–Crippen MR) is 82.5 cm³/mol. The maximum Gasteiger partial charge on any atom is 0.0807 e. The van der Waals surface area contributed by atoms with Gasteiger partial charge in [0.15, 0.2) is 0 Å². The highest BCUT2D eigenvalue weighted by Gasteiger charge is 2.23. The van der Waals surface area contributed by atoms with Crippen LogP contribution >= 0.6 is 0 Å². The summed E-state index contributed by atoms with van der Waals surface area (Å²) in [5, 5.41) is 10.2. The molecule has 0 radical (unpaired) electrons. The fraction of sp³-hybridized carbons (Fsp3) is 0.444. The maximum atomic E-state index is 10.2. The quantitative estimate of drug-likeness (QED) is 0.865. The zero-order valence-corrected chi connectivity index (χ0v) is 12.6. The molecule has 0 spiro atoms. The predicted octanol–water partition coefficient (Wildman–Crippen LogP) is 4.28. The first kappa shape index (κ1) is 13.4. The lowest BCUT2D eigenvalue weighted by molar-refractivity contribution is 0.156. The van der Waals surface area contributed by atoms with Crippen LogP contribution in [0.3, 0.4) is 0 Å². The summed E-state index contributed by atoms with van der Waals surface area (Å²) < 4.78 is 2.32. The fourth-order valence-electron chi connectivity index (χ4n) is 3.26. The van der Waals surface area contributed by atoms with Crippen LogP contribution in [-0.4, -0.2) is 9.67 Å². The number of aliphatic hydroxyl groups is 1. The van der Waals surface area contributed by atoms with Crippen molar-refractivity contribution in [1.29, 1.82) is 0 Å². The van der Waals surface area contributed by atoms with E-state index in [1.807, 2.05) is 0 Å². The van der Waals surface area contributed by atoms with Crippen molar-refractivity contribution in [2.45, 2.75) is 52.1 Å². The van der Waals surface area contributed by atoms with Gasteiger partial charge in [-0.3, -0.25) is 0 Å². The highest BCUT2D eigenvalue weighted by Crippen LogP contribution is 2.34. The summed E-state index contributed by atoms with van der Waals surface area (Å²) in [5.74, 6) is 0.534. The molecule has 106 valence electrons. The Morgan fingerprint density at radius 3 is 2.80 bits per heavy atom. The Morgan fingerprint density at radius 1 is 1.25 bits per heavy atom. The van der Waals surface area contributed by atoms with E-state index in [0.29, 0.717) is 5.92 Å². The van der Waals surface area contributed by atoms with Crippen LogP contribution in [0.4, 0.5) is 0 Å². The molecule has 1 aliphatic rings. The van der Waals surface area contributed by atoms with E-state index >= 15 is 0 Å². The molecule has 0 aliphatic heterocycles. The first-order valence-electron chi connectivity index (χ1n) is 7.57. The van der Waals surface area contributed by atoms with Gasteiger partial charge in [0, 0.05) is 22.6 Å². The molecule has 3 rings (SSSR count). The second-order valence-electron chi connectivity index (χ2n) is 6.18. The topological polar surface area (TPSA) is 25.2 Å². The van der Waals surface area contributed by atoms with Gasteiger partial charge in [-0.05, 0) is 55.9 Å². The molecule has 1 N–H and O–H groups in total. The highest BCUT2D eigenvalue weighted by atomic mass is 16.3. The van der Waals surface area contributed by atoms with Crippen LogP contribution in [0, 0.1) is 6.92 Å². The standard InChI is InChI=1S/C18H23NO/c1-12(2)14-6-4-7-15(11-14)19-13(3)10-16-17(19)8-5-9-18(16)20/h4,6-7,10-12,18,20H,5,8-9H2,1-3H3. The normalized spacial score (nSPS) is 18.4. The molecule has 20 heavy (non-hydrogen) atoms. The molecule has 1 atom stereocenters. The summed E-state index contributed by atoms with van der Waals surface area (Å²) in [6.45, 7) is 6.58. The van der Waals surface area contributed by atoms with Crippen molar-refractivity contribution in [3.05, 3.63) is 52.8 Å². The van der Waals surface area contributed by atoms with E-state index in [9.17, 15) is 5.11 Å². The van der Waals surface area contributed by atoms with Gasteiger partial charge in [-0.2, -0.15) is 0 Å². The number of aliphatic hydroxyl groups excluding tert-OH is 1. The third kappa shape index (κ3) is 2.18. The Kier molecular flexibility index (Phi) is 3.43. The molecule has 1 aromatic carbocycles. The Labute approximate surface area is 121 Å². The highest BCUT2D eigenvalue weighted by molar-refractivity contribution is 5.45. The van der Waals surface area contributed by atoms with Gasteiger partial charge >= 0.3 is 0 Å². The summed E-state index contributed by atoms with van der Waals surface area (Å²) in [4.78, 5) is 0. The first-order valence-corrected chi connectivity index (χ1v) is 7.57. The van der Waals surface area contributed by atoms with Crippen LogP contribution in [-0.2, 0) is 6.42 Å². The average molecular weight is 269 g/mol. The molecule has 0 saturated carbocycles. The Balaban J connectivity index is 2.13. The molecular formula is C18H23NO. The number of aromatic nitrogens is 1. The van der Waals surface area contributed by atoms with Gasteiger partial charge in [-0.25, -0.2) is 0 Å². The minimum Gasteiger partial charge on any atom is -0.388 e. The van der Waals surface area contributed by atoms with Gasteiger partial charge < -0.3 is 9.67 Å². The number of fused-ring (bicyclic) bond motifs is 1. The van der Waals surface area contributed by atoms with E-state index in [0.717, 1.165) is 24.8 Å². The number of rotatable bonds is 2. The summed E-state index contributed by atoms with van der Waals surface area (Å²) >= 11 is 0. The number of hydrogen-bond acceptors (Lipinski definition) is 1. The van der Waals surface area contributed by atoms with E-state index in [1.54, 1.807) is 0 Å². The molecule has 2 aromatic rings. The Bertz CT molecular complexity index is 624. The van der Waals surface area contributed by atoms with Crippen molar-refractivity contribution in [3.63, 3.8) is 0 Å². The molecule has 0 bridgehead atoms. The van der Waals surface area contributed by atoms with Gasteiger partial charge in [0.2, 0.25) is 0 Å². The van der Waals surface area contributed by atoms with Crippen LogP contribution in [0.15, 0.2) is 30.3 Å². The van der Waals surface area contributed by atoms with Gasteiger partial charge in [0.05, 0.1) is 6.10 Å². The lowest BCUT2D eigenvalue weighted by Gasteiger charge is -2.21. The maximum absolute atomic E-state index is 10.2. The van der Waals surface area contributed by atoms with E-state index in [1.165, 1.54) is 22.6 Å². The molecule has 0 amide bonds. The van der Waals surface area contributed by atoms with E-state index in [4.69, 9.17) is 0 Å². The van der Waals surface area contributed by atoms with Crippen molar-refractivity contribution in [2.24, 2.45) is 0 Å². The van der Waals surface area contributed by atoms with Crippen molar-refractivity contribution in [3.8, 4) is 5.69 Å². The van der Waals surface area contributed by atoms with Crippen LogP contribution in [0.2, 0.25) is 0 Å². The molecule has 1 unspecified atom stereocenters. The minimum atomic E-state index is -0.285. The molecule has 1 aromatic heterocycles. The van der Waals surface area contributed by atoms with Crippen LogP contribution in [0.25, 0.3) is 5.69 Å². The van der Waals surface area contributed by atoms with Crippen molar-refractivity contribution in [1.82, 2.24) is 4.57 Å². The lowest BCUT2D eigenvalue weighted by Crippen LogP contribution is -2.11. The Hall–Kier alpha value is -1.54. The van der Waals surface area contributed by atoms with Gasteiger partial charge in [-0.15, -0.1) is 0 Å². The third-order valence-corrected chi connectivity index (χ3v) is 4.37. The molecular weight excluding hydrogens is 246 g/mol. The van der Waals surface area contributed by atoms with Gasteiger partial charge in [0.25, 0.3) is 0 Å². The monoisotopic (exact) mass is 269 g/mol. The van der Waals surface area contributed by atoms with E-state index in [-0.39, 0.29) is 6.10 Å². The third-order valence-electron chi connectivity index (χ3n) is 4.37. The van der Waals surface area contributed by atoms with Gasteiger partial charge in [-0.1, -0.05) is 26.0 Å². The number of hydrogen-bond donors (Lipinski definition) is 1. The van der Waals surface area contributed by atoms with Crippen LogP contribution < -0.4 is 0 Å². The zero-order chi connectivity index (χ0) is 14.3. The molecule has 1 heterocycles. The molecule has 1 aliphatic carbocycles. The lowest BCUT2D eigenvalue weighted by atomic mass is 9.95. The first-order chi connectivity index (χ1) is 9.58. The second kappa shape index (κ2) is 5.10. The largest absolute Gasteiger partial charge is 0.388 e. The Morgan fingerprint density at radius 2 is 2.05 bits per heavy atom. The SMILES string of the molecule is Cc1cc2c(n1-c1cccc(C(C)C)c1)CCCC2O. The van der Waals surface area contributed by atoms with Crippen LogP contribution in [0.1, 0.15) is 61.2 Å². The minimum absolute atomic E-state index is 0.285. The summed E-state index contributed by atoms with van der Waals surface area (Å²) in [7, 11) is 0. The van der Waals surface area contributed by atoms with Crippen molar-refractivity contribution in [2.75, 3.05) is 0 Å². The molecule has 2 nitrogen and oxygen atoms in total. The van der Waals surface area contributed by atoms with E-state index < -0.39 is 0 Å². The van der Waals surface area contributed by atoms with E-state index in [2.05, 4.69) is 55.7 Å². The molecule has 2 heteroatoms. The summed E-state index contributed by atoms with van der Waals surface area (Å²) in [5.41, 5.74) is 6.23. The summed E-state index contributed by atoms with van der Waals surface area (Å²) in [6.07, 6.45) is 2.74. The molecule has 0 fully saturated rings. The van der Waals surface area contributed by atoms with Crippen molar-refractivity contribution < 1.29 is 5.11 Å². The zero-order valence-electron chi connectivity index (χ0n) is 12.6. The smallest absolute Gasteiger partial charge is 0.0807 e.